The molecule has 1 saturated carbocycles. The maximum absolute atomic E-state index is 5.46. The van der Waals surface area contributed by atoms with Crippen molar-refractivity contribution in [1.29, 1.82) is 0 Å². The first kappa shape index (κ1) is 16.9. The summed E-state index contributed by atoms with van der Waals surface area (Å²) in [7, 11) is 3.53. The van der Waals surface area contributed by atoms with Crippen LogP contribution in [0.3, 0.4) is 0 Å². The smallest absolute Gasteiger partial charge is 0.191 e. The molecule has 0 spiro atoms. The zero-order valence-electron chi connectivity index (χ0n) is 13.0. The summed E-state index contributed by atoms with van der Waals surface area (Å²) in [6, 6.07) is 6.69. The number of benzene rings is 1. The molecule has 1 aromatic carbocycles. The number of rotatable bonds is 5. The lowest BCUT2D eigenvalue weighted by molar-refractivity contribution is 0.419. The lowest BCUT2D eigenvalue weighted by Gasteiger charge is -2.11. The Labute approximate surface area is 147 Å². The fraction of sp³-hybridized carbons (Fsp3) is 0.438. The van der Waals surface area contributed by atoms with Gasteiger partial charge in [0.1, 0.15) is 5.75 Å². The largest absolute Gasteiger partial charge is 0.496 e. The molecule has 120 valence electrons. The van der Waals surface area contributed by atoms with E-state index in [1.54, 1.807) is 7.11 Å². The van der Waals surface area contributed by atoms with Crippen molar-refractivity contribution in [2.75, 3.05) is 20.7 Å². The number of nitrogens with one attached hydrogen (secondary N) is 3. The van der Waals surface area contributed by atoms with Gasteiger partial charge in [0.05, 0.1) is 7.11 Å². The van der Waals surface area contributed by atoms with Crippen LogP contribution in [0.15, 0.2) is 29.4 Å². The molecule has 3 rings (SSSR count). The Bertz CT molecular complexity index is 649. The van der Waals surface area contributed by atoms with Crippen molar-refractivity contribution >= 4 is 40.8 Å². The Balaban J connectivity index is 0.00000176. The number of halogens is 1. The number of ether oxygens (including phenoxy) is 1. The summed E-state index contributed by atoms with van der Waals surface area (Å²) in [5.74, 6) is 1.81. The number of aromatic nitrogens is 1. The standard InChI is InChI=1S/C16H22N4O.HI/c1-17-16(20-12-6-7-12)18-9-8-11-10-19-13-4-3-5-14(21-2)15(11)13;/h3-5,10,12,19H,6-9H2,1-2H3,(H2,17,18,20);1H. The molecule has 5 nitrogen and oxygen atoms in total. The first-order valence-electron chi connectivity index (χ1n) is 7.42. The van der Waals surface area contributed by atoms with Crippen molar-refractivity contribution in [2.24, 2.45) is 4.99 Å². The van der Waals surface area contributed by atoms with Gasteiger partial charge in [-0.25, -0.2) is 0 Å². The summed E-state index contributed by atoms with van der Waals surface area (Å²) < 4.78 is 5.46. The number of hydrogen-bond acceptors (Lipinski definition) is 2. The quantitative estimate of drug-likeness (QED) is 0.401. The maximum atomic E-state index is 5.46. The van der Waals surface area contributed by atoms with E-state index in [1.807, 2.05) is 19.2 Å². The van der Waals surface area contributed by atoms with Crippen LogP contribution in [-0.2, 0) is 6.42 Å². The molecular formula is C16H23IN4O. The van der Waals surface area contributed by atoms with Crippen molar-refractivity contribution in [3.8, 4) is 5.75 Å². The van der Waals surface area contributed by atoms with Crippen LogP contribution < -0.4 is 15.4 Å². The van der Waals surface area contributed by atoms with Gasteiger partial charge in [-0.15, -0.1) is 24.0 Å². The van der Waals surface area contributed by atoms with E-state index in [-0.39, 0.29) is 24.0 Å². The summed E-state index contributed by atoms with van der Waals surface area (Å²) in [4.78, 5) is 7.55. The Morgan fingerprint density at radius 2 is 2.23 bits per heavy atom. The number of nitrogens with zero attached hydrogens (tertiary/aromatic N) is 1. The van der Waals surface area contributed by atoms with E-state index >= 15 is 0 Å². The van der Waals surface area contributed by atoms with E-state index in [0.29, 0.717) is 6.04 Å². The first-order chi connectivity index (χ1) is 10.3. The highest BCUT2D eigenvalue weighted by Crippen LogP contribution is 2.28. The SMILES string of the molecule is CN=C(NCCc1c[nH]c2cccc(OC)c12)NC1CC1.I. The van der Waals surface area contributed by atoms with E-state index in [4.69, 9.17) is 4.74 Å². The lowest BCUT2D eigenvalue weighted by atomic mass is 10.1. The number of aliphatic imine (C=N–C) groups is 1. The van der Waals surface area contributed by atoms with Crippen LogP contribution in [0.25, 0.3) is 10.9 Å². The molecule has 0 radical (unpaired) electrons. The van der Waals surface area contributed by atoms with Gasteiger partial charge in [-0.2, -0.15) is 0 Å². The second kappa shape index (κ2) is 7.71. The highest BCUT2D eigenvalue weighted by Gasteiger charge is 2.22. The molecule has 1 aliphatic carbocycles. The van der Waals surface area contributed by atoms with Crippen molar-refractivity contribution in [2.45, 2.75) is 25.3 Å². The van der Waals surface area contributed by atoms with Crippen molar-refractivity contribution in [3.05, 3.63) is 30.0 Å². The van der Waals surface area contributed by atoms with Crippen LogP contribution in [0, 0.1) is 0 Å². The number of fused-ring (bicyclic) bond motifs is 1. The zero-order chi connectivity index (χ0) is 14.7. The van der Waals surface area contributed by atoms with Gasteiger partial charge in [0.2, 0.25) is 0 Å². The highest BCUT2D eigenvalue weighted by molar-refractivity contribution is 14.0. The third-order valence-electron chi connectivity index (χ3n) is 3.80. The van der Waals surface area contributed by atoms with Crippen molar-refractivity contribution in [1.82, 2.24) is 15.6 Å². The minimum atomic E-state index is 0. The van der Waals surface area contributed by atoms with Crippen LogP contribution in [0.1, 0.15) is 18.4 Å². The fourth-order valence-corrected chi connectivity index (χ4v) is 2.52. The predicted molar refractivity (Wildman–Crippen MR) is 101 cm³/mol. The minimum absolute atomic E-state index is 0. The van der Waals surface area contributed by atoms with E-state index < -0.39 is 0 Å². The average molecular weight is 414 g/mol. The van der Waals surface area contributed by atoms with Gasteiger partial charge in [0.15, 0.2) is 5.96 Å². The van der Waals surface area contributed by atoms with Crippen LogP contribution in [0.2, 0.25) is 0 Å². The molecule has 6 heteroatoms. The van der Waals surface area contributed by atoms with Crippen LogP contribution in [0.5, 0.6) is 5.75 Å². The van der Waals surface area contributed by atoms with Crippen molar-refractivity contribution in [3.63, 3.8) is 0 Å². The Morgan fingerprint density at radius 3 is 2.91 bits per heavy atom. The minimum Gasteiger partial charge on any atom is -0.496 e. The van der Waals surface area contributed by atoms with E-state index in [1.165, 1.54) is 23.8 Å². The molecule has 2 aromatic rings. The van der Waals surface area contributed by atoms with Gasteiger partial charge >= 0.3 is 0 Å². The predicted octanol–water partition coefficient (Wildman–Crippen LogP) is 2.66. The Morgan fingerprint density at radius 1 is 1.41 bits per heavy atom. The highest BCUT2D eigenvalue weighted by atomic mass is 127. The summed E-state index contributed by atoms with van der Waals surface area (Å²) in [5, 5.41) is 7.93. The molecule has 1 heterocycles. The van der Waals surface area contributed by atoms with Gasteiger partial charge in [0.25, 0.3) is 0 Å². The molecular weight excluding hydrogens is 391 g/mol. The molecule has 0 bridgehead atoms. The monoisotopic (exact) mass is 414 g/mol. The summed E-state index contributed by atoms with van der Waals surface area (Å²) in [6.07, 6.45) is 5.48. The molecule has 22 heavy (non-hydrogen) atoms. The topological polar surface area (TPSA) is 61.4 Å². The van der Waals surface area contributed by atoms with Gasteiger partial charge in [0, 0.05) is 36.7 Å². The summed E-state index contributed by atoms with van der Waals surface area (Å²) >= 11 is 0. The van der Waals surface area contributed by atoms with E-state index in [2.05, 4.69) is 32.9 Å². The maximum Gasteiger partial charge on any atom is 0.191 e. The van der Waals surface area contributed by atoms with Gasteiger partial charge in [-0.3, -0.25) is 4.99 Å². The molecule has 0 atom stereocenters. The second-order valence-electron chi connectivity index (χ2n) is 5.36. The van der Waals surface area contributed by atoms with Crippen LogP contribution in [-0.4, -0.2) is 37.7 Å². The molecule has 0 aliphatic heterocycles. The first-order valence-corrected chi connectivity index (χ1v) is 7.42. The van der Waals surface area contributed by atoms with Gasteiger partial charge in [-0.1, -0.05) is 6.07 Å². The number of hydrogen-bond donors (Lipinski definition) is 3. The number of aromatic amines is 1. The van der Waals surface area contributed by atoms with Gasteiger partial charge < -0.3 is 20.4 Å². The summed E-state index contributed by atoms with van der Waals surface area (Å²) in [6.45, 7) is 0.845. The Kier molecular flexibility index (Phi) is 5.93. The summed E-state index contributed by atoms with van der Waals surface area (Å²) in [5.41, 5.74) is 2.38. The molecule has 0 unspecified atom stereocenters. The van der Waals surface area contributed by atoms with E-state index in [0.717, 1.165) is 30.2 Å². The number of guanidine groups is 1. The molecule has 1 aliphatic rings. The number of methoxy groups -OCH3 is 1. The lowest BCUT2D eigenvalue weighted by Crippen LogP contribution is -2.39. The molecule has 0 amide bonds. The van der Waals surface area contributed by atoms with Gasteiger partial charge in [-0.05, 0) is 37.0 Å². The zero-order valence-corrected chi connectivity index (χ0v) is 15.3. The van der Waals surface area contributed by atoms with Crippen LogP contribution in [0.4, 0.5) is 0 Å². The normalized spacial score (nSPS) is 14.5. The molecule has 1 aromatic heterocycles. The molecule has 1 fully saturated rings. The van der Waals surface area contributed by atoms with Crippen molar-refractivity contribution < 1.29 is 4.74 Å². The van der Waals surface area contributed by atoms with Crippen LogP contribution >= 0.6 is 24.0 Å². The van der Waals surface area contributed by atoms with E-state index in [9.17, 15) is 0 Å². The third-order valence-corrected chi connectivity index (χ3v) is 3.80. The fourth-order valence-electron chi connectivity index (χ4n) is 2.52. The molecule has 3 N–H and O–H groups in total. The molecule has 0 saturated heterocycles. The average Bonchev–Trinajstić information content (AvgIpc) is 3.24. The second-order valence-corrected chi connectivity index (χ2v) is 5.36. The third kappa shape index (κ3) is 3.85. The number of H-pyrrole nitrogens is 1. The Hall–Kier alpha value is -1.44.